The summed E-state index contributed by atoms with van der Waals surface area (Å²) in [5, 5.41) is 8.37. The van der Waals surface area contributed by atoms with Crippen LogP contribution in [0, 0.1) is 5.92 Å². The van der Waals surface area contributed by atoms with Crippen molar-refractivity contribution in [1.82, 2.24) is 10.6 Å². The molecule has 2 N–H and O–H groups in total. The minimum Gasteiger partial charge on any atom is -0.496 e. The zero-order valence-corrected chi connectivity index (χ0v) is 22.9. The van der Waals surface area contributed by atoms with E-state index in [1.807, 2.05) is 49.4 Å². The number of benzene rings is 3. The smallest absolute Gasteiger partial charge is 0.249 e. The van der Waals surface area contributed by atoms with Crippen LogP contribution in [0.2, 0.25) is 0 Å². The highest BCUT2D eigenvalue weighted by molar-refractivity contribution is 9.10. The molecule has 2 amide bonds. The summed E-state index contributed by atoms with van der Waals surface area (Å²) in [5.74, 6) is 0.889. The second kappa shape index (κ2) is 11.4. The first kappa shape index (κ1) is 26.2. The van der Waals surface area contributed by atoms with Crippen molar-refractivity contribution in [1.29, 1.82) is 0 Å². The van der Waals surface area contributed by atoms with E-state index in [0.29, 0.717) is 25.3 Å². The first-order valence-corrected chi connectivity index (χ1v) is 13.3. The van der Waals surface area contributed by atoms with E-state index in [9.17, 15) is 9.59 Å². The van der Waals surface area contributed by atoms with Gasteiger partial charge in [-0.15, -0.1) is 0 Å². The fourth-order valence-electron chi connectivity index (χ4n) is 4.67. The lowest BCUT2D eigenvalue weighted by Crippen LogP contribution is -2.52. The highest BCUT2D eigenvalue weighted by Crippen LogP contribution is 2.35. The number of carbonyl (C=O) groups is 2. The van der Waals surface area contributed by atoms with Crippen molar-refractivity contribution in [2.24, 2.45) is 5.92 Å². The quantitative estimate of drug-likeness (QED) is 0.403. The molecule has 0 aromatic heterocycles. The molecule has 6 nitrogen and oxygen atoms in total. The second-order valence-electron chi connectivity index (χ2n) is 9.79. The lowest BCUT2D eigenvalue weighted by molar-refractivity contribution is -0.128. The van der Waals surface area contributed by atoms with E-state index in [1.165, 1.54) is 0 Å². The van der Waals surface area contributed by atoms with Gasteiger partial charge >= 0.3 is 0 Å². The normalized spacial score (nSPS) is 16.6. The molecule has 4 rings (SSSR count). The van der Waals surface area contributed by atoms with E-state index >= 15 is 0 Å². The Hall–Kier alpha value is -2.90. The topological polar surface area (TPSA) is 70.7 Å². The first-order chi connectivity index (χ1) is 17.3. The average Bonchev–Trinajstić information content (AvgIpc) is 2.99. The number of halogens is 1. The third-order valence-electron chi connectivity index (χ3n) is 6.68. The SMILES string of the molecule is COc1ccc2cc(Br)ccc2c1CN1C(=O)[C@@H](NC(=O)[C@H](C)NCC(C)C)CCc2ccccc21. The fraction of sp³-hybridized carbons (Fsp3) is 0.379. The van der Waals surface area contributed by atoms with Gasteiger partial charge in [0, 0.05) is 15.7 Å². The highest BCUT2D eigenvalue weighted by Gasteiger charge is 2.33. The van der Waals surface area contributed by atoms with Crippen molar-refractivity contribution in [2.75, 3.05) is 18.6 Å². The van der Waals surface area contributed by atoms with Crippen LogP contribution < -0.4 is 20.3 Å². The number of rotatable bonds is 8. The minimum atomic E-state index is -0.608. The fourth-order valence-corrected chi connectivity index (χ4v) is 5.05. The summed E-state index contributed by atoms with van der Waals surface area (Å²) >= 11 is 3.55. The maximum atomic E-state index is 14.0. The zero-order chi connectivity index (χ0) is 25.8. The van der Waals surface area contributed by atoms with E-state index in [-0.39, 0.29) is 17.9 Å². The number of nitrogens with one attached hydrogen (secondary N) is 2. The van der Waals surface area contributed by atoms with Crippen LogP contribution in [0.4, 0.5) is 5.69 Å². The number of hydrogen-bond acceptors (Lipinski definition) is 4. The predicted octanol–water partition coefficient (Wildman–Crippen LogP) is 5.21. The van der Waals surface area contributed by atoms with Gasteiger partial charge in [0.05, 0.1) is 19.7 Å². The monoisotopic (exact) mass is 551 g/mol. The molecule has 7 heteroatoms. The molecule has 0 fully saturated rings. The van der Waals surface area contributed by atoms with E-state index in [4.69, 9.17) is 4.74 Å². The Balaban J connectivity index is 1.68. The van der Waals surface area contributed by atoms with E-state index in [0.717, 1.165) is 44.4 Å². The second-order valence-corrected chi connectivity index (χ2v) is 10.7. The summed E-state index contributed by atoms with van der Waals surface area (Å²) in [6.07, 6.45) is 1.26. The molecule has 1 aliphatic rings. The van der Waals surface area contributed by atoms with Gasteiger partial charge in [0.25, 0.3) is 0 Å². The summed E-state index contributed by atoms with van der Waals surface area (Å²) in [7, 11) is 1.65. The van der Waals surface area contributed by atoms with Crippen LogP contribution in [-0.2, 0) is 22.6 Å². The summed E-state index contributed by atoms with van der Waals surface area (Å²) in [4.78, 5) is 28.7. The molecule has 0 aliphatic carbocycles. The van der Waals surface area contributed by atoms with E-state index in [2.05, 4.69) is 52.5 Å². The number of amides is 2. The van der Waals surface area contributed by atoms with Crippen LogP contribution in [0.3, 0.4) is 0 Å². The number of aryl methyl sites for hydroxylation is 1. The predicted molar refractivity (Wildman–Crippen MR) is 148 cm³/mol. The van der Waals surface area contributed by atoms with Crippen LogP contribution in [0.15, 0.2) is 59.1 Å². The van der Waals surface area contributed by atoms with Crippen molar-refractivity contribution in [3.8, 4) is 5.75 Å². The summed E-state index contributed by atoms with van der Waals surface area (Å²) in [6.45, 7) is 7.11. The van der Waals surface area contributed by atoms with Gasteiger partial charge in [0.15, 0.2) is 0 Å². The summed E-state index contributed by atoms with van der Waals surface area (Å²) in [6, 6.07) is 17.1. The van der Waals surface area contributed by atoms with E-state index in [1.54, 1.807) is 12.0 Å². The molecule has 1 aliphatic heterocycles. The molecule has 36 heavy (non-hydrogen) atoms. The Kier molecular flexibility index (Phi) is 8.32. The van der Waals surface area contributed by atoms with Crippen LogP contribution in [-0.4, -0.2) is 37.6 Å². The third kappa shape index (κ3) is 5.73. The molecule has 0 saturated heterocycles. The number of ether oxygens (including phenoxy) is 1. The Labute approximate surface area is 221 Å². The Morgan fingerprint density at radius 1 is 1.14 bits per heavy atom. The first-order valence-electron chi connectivity index (χ1n) is 12.5. The molecule has 0 unspecified atom stereocenters. The van der Waals surface area contributed by atoms with Crippen molar-refractivity contribution < 1.29 is 14.3 Å². The number of para-hydroxylation sites is 1. The third-order valence-corrected chi connectivity index (χ3v) is 7.17. The van der Waals surface area contributed by atoms with Gasteiger partial charge in [-0.2, -0.15) is 0 Å². The Morgan fingerprint density at radius 2 is 1.92 bits per heavy atom. The van der Waals surface area contributed by atoms with Gasteiger partial charge in [-0.3, -0.25) is 9.59 Å². The highest BCUT2D eigenvalue weighted by atomic mass is 79.9. The van der Waals surface area contributed by atoms with Crippen LogP contribution in [0.25, 0.3) is 10.8 Å². The van der Waals surface area contributed by atoms with Crippen LogP contribution in [0.5, 0.6) is 5.75 Å². The molecule has 0 saturated carbocycles. The summed E-state index contributed by atoms with van der Waals surface area (Å²) in [5.41, 5.74) is 2.90. The number of fused-ring (bicyclic) bond motifs is 2. The van der Waals surface area contributed by atoms with Gasteiger partial charge in [0.1, 0.15) is 11.8 Å². The van der Waals surface area contributed by atoms with Crippen LogP contribution in [0.1, 0.15) is 38.3 Å². The van der Waals surface area contributed by atoms with E-state index < -0.39 is 6.04 Å². The minimum absolute atomic E-state index is 0.111. The molecule has 3 aromatic carbocycles. The number of carbonyl (C=O) groups excluding carboxylic acids is 2. The van der Waals surface area contributed by atoms with Gasteiger partial charge < -0.3 is 20.3 Å². The maximum absolute atomic E-state index is 14.0. The molecule has 0 radical (unpaired) electrons. The summed E-state index contributed by atoms with van der Waals surface area (Å²) < 4.78 is 6.71. The number of anilines is 1. The molecule has 1 heterocycles. The average molecular weight is 553 g/mol. The molecule has 0 bridgehead atoms. The van der Waals surface area contributed by atoms with Gasteiger partial charge in [0.2, 0.25) is 11.8 Å². The zero-order valence-electron chi connectivity index (χ0n) is 21.3. The van der Waals surface area contributed by atoms with Gasteiger partial charge in [-0.1, -0.05) is 60.1 Å². The largest absolute Gasteiger partial charge is 0.496 e. The molecular formula is C29H34BrN3O3. The molecule has 190 valence electrons. The molecular weight excluding hydrogens is 518 g/mol. The Morgan fingerprint density at radius 3 is 2.67 bits per heavy atom. The van der Waals surface area contributed by atoms with Crippen molar-refractivity contribution >= 4 is 44.2 Å². The lowest BCUT2D eigenvalue weighted by atomic mass is 10.0. The van der Waals surface area contributed by atoms with Gasteiger partial charge in [-0.05, 0) is 72.8 Å². The molecule has 3 aromatic rings. The van der Waals surface area contributed by atoms with Crippen molar-refractivity contribution in [2.45, 2.75) is 52.2 Å². The molecule has 0 spiro atoms. The number of hydrogen-bond donors (Lipinski definition) is 2. The maximum Gasteiger partial charge on any atom is 0.249 e. The van der Waals surface area contributed by atoms with Crippen LogP contribution >= 0.6 is 15.9 Å². The van der Waals surface area contributed by atoms with Crippen molar-refractivity contribution in [3.63, 3.8) is 0 Å². The Bertz CT molecular complexity index is 1260. The molecule has 2 atom stereocenters. The standard InChI is InChI=1S/C29H34BrN3O3/c1-18(2)16-31-19(3)28(34)32-25-13-9-20-7-5-6-8-26(20)33(29(25)35)17-24-23-12-11-22(30)15-21(23)10-14-27(24)36-4/h5-8,10-12,14-15,18-19,25,31H,9,13,16-17H2,1-4H3,(H,32,34)/t19-,25-/m0/s1. The van der Waals surface area contributed by atoms with Crippen molar-refractivity contribution in [3.05, 3.63) is 70.2 Å². The van der Waals surface area contributed by atoms with Gasteiger partial charge in [-0.25, -0.2) is 0 Å². The number of nitrogens with zero attached hydrogens (tertiary/aromatic N) is 1. The lowest BCUT2D eigenvalue weighted by Gasteiger charge is -2.28. The number of methoxy groups -OCH3 is 1.